The number of nitrogens with one attached hydrogen (secondary N) is 1. The van der Waals surface area contributed by atoms with Crippen molar-refractivity contribution in [2.24, 2.45) is 0 Å². The molecular weight excluding hydrogens is 410 g/mol. The summed E-state index contributed by atoms with van der Waals surface area (Å²) in [4.78, 5) is 12.1. The Morgan fingerprint density at radius 2 is 1.86 bits per heavy atom. The molecule has 0 saturated carbocycles. The van der Waals surface area contributed by atoms with E-state index in [0.717, 1.165) is 14.5 Å². The van der Waals surface area contributed by atoms with Gasteiger partial charge in [0.15, 0.2) is 6.10 Å². The molecule has 0 heterocycles. The minimum Gasteiger partial charge on any atom is -0.480 e. The summed E-state index contributed by atoms with van der Waals surface area (Å²) < 4.78 is 7.44. The molecule has 5 heteroatoms. The quantitative estimate of drug-likeness (QED) is 0.758. The van der Waals surface area contributed by atoms with Crippen LogP contribution in [0.4, 0.5) is 0 Å². The SMILES string of the molecule is Cc1ccc(CNC(=O)C(C)Oc2ccc(Br)cc2Br)cc1. The highest BCUT2D eigenvalue weighted by Gasteiger charge is 2.15. The number of aryl methyl sites for hydroxylation is 1. The first-order valence-corrected chi connectivity index (χ1v) is 8.49. The number of carbonyl (C=O) groups excluding carboxylic acids is 1. The first kappa shape index (κ1) is 17.0. The molecule has 22 heavy (non-hydrogen) atoms. The zero-order chi connectivity index (χ0) is 16.1. The number of carbonyl (C=O) groups is 1. The zero-order valence-electron chi connectivity index (χ0n) is 12.4. The van der Waals surface area contributed by atoms with Gasteiger partial charge in [0.1, 0.15) is 5.75 Å². The maximum atomic E-state index is 12.1. The minimum absolute atomic E-state index is 0.143. The molecule has 0 aliphatic rings. The number of hydrogen-bond acceptors (Lipinski definition) is 2. The van der Waals surface area contributed by atoms with E-state index in [9.17, 15) is 4.79 Å². The Bertz CT molecular complexity index is 656. The molecule has 0 aliphatic carbocycles. The van der Waals surface area contributed by atoms with Crippen LogP contribution < -0.4 is 10.1 Å². The van der Waals surface area contributed by atoms with Crippen LogP contribution in [0.5, 0.6) is 5.75 Å². The summed E-state index contributed by atoms with van der Waals surface area (Å²) in [5, 5.41) is 2.88. The first-order chi connectivity index (χ1) is 10.5. The largest absolute Gasteiger partial charge is 0.480 e. The fraction of sp³-hybridized carbons (Fsp3) is 0.235. The van der Waals surface area contributed by atoms with Crippen molar-refractivity contribution in [3.05, 3.63) is 62.5 Å². The smallest absolute Gasteiger partial charge is 0.261 e. The molecule has 1 unspecified atom stereocenters. The Hall–Kier alpha value is -1.33. The Morgan fingerprint density at radius 1 is 1.18 bits per heavy atom. The van der Waals surface area contributed by atoms with Crippen LogP contribution in [-0.2, 0) is 11.3 Å². The lowest BCUT2D eigenvalue weighted by Crippen LogP contribution is -2.35. The van der Waals surface area contributed by atoms with Crippen LogP contribution in [0.2, 0.25) is 0 Å². The van der Waals surface area contributed by atoms with Crippen LogP contribution in [0.1, 0.15) is 18.1 Å². The standard InChI is InChI=1S/C17H17Br2NO2/c1-11-3-5-13(6-4-11)10-20-17(21)12(2)22-16-8-7-14(18)9-15(16)19/h3-9,12H,10H2,1-2H3,(H,20,21). The molecule has 3 nitrogen and oxygen atoms in total. The Labute approximate surface area is 147 Å². The summed E-state index contributed by atoms with van der Waals surface area (Å²) in [6.07, 6.45) is -0.567. The van der Waals surface area contributed by atoms with E-state index in [1.807, 2.05) is 49.4 Å². The summed E-state index contributed by atoms with van der Waals surface area (Å²) >= 11 is 6.80. The van der Waals surface area contributed by atoms with Gasteiger partial charge in [0.2, 0.25) is 0 Å². The first-order valence-electron chi connectivity index (χ1n) is 6.90. The van der Waals surface area contributed by atoms with Crippen LogP contribution in [0.25, 0.3) is 0 Å². The topological polar surface area (TPSA) is 38.3 Å². The van der Waals surface area contributed by atoms with Gasteiger partial charge in [0.25, 0.3) is 5.91 Å². The van der Waals surface area contributed by atoms with Crippen LogP contribution in [-0.4, -0.2) is 12.0 Å². The number of ether oxygens (including phenoxy) is 1. The predicted molar refractivity (Wildman–Crippen MR) is 95.0 cm³/mol. The van der Waals surface area contributed by atoms with Gasteiger partial charge in [-0.05, 0) is 53.5 Å². The molecule has 1 N–H and O–H groups in total. The monoisotopic (exact) mass is 425 g/mol. The normalized spacial score (nSPS) is 11.8. The Balaban J connectivity index is 1.90. The van der Waals surface area contributed by atoms with Crippen molar-refractivity contribution < 1.29 is 9.53 Å². The van der Waals surface area contributed by atoms with Gasteiger partial charge in [-0.1, -0.05) is 45.8 Å². The molecule has 1 atom stereocenters. The highest BCUT2D eigenvalue weighted by molar-refractivity contribution is 9.11. The van der Waals surface area contributed by atoms with Gasteiger partial charge >= 0.3 is 0 Å². The van der Waals surface area contributed by atoms with Crippen LogP contribution in [0, 0.1) is 6.92 Å². The molecule has 1 amide bonds. The number of halogens is 2. The molecule has 116 valence electrons. The lowest BCUT2D eigenvalue weighted by atomic mass is 10.1. The van der Waals surface area contributed by atoms with Crippen molar-refractivity contribution >= 4 is 37.8 Å². The molecule has 0 aliphatic heterocycles. The third-order valence-electron chi connectivity index (χ3n) is 3.15. The second-order valence-electron chi connectivity index (χ2n) is 5.04. The lowest BCUT2D eigenvalue weighted by molar-refractivity contribution is -0.127. The van der Waals surface area contributed by atoms with E-state index in [-0.39, 0.29) is 5.91 Å². The van der Waals surface area contributed by atoms with Gasteiger partial charge in [0.05, 0.1) is 4.47 Å². The molecule has 0 fully saturated rings. The second kappa shape index (κ2) is 7.79. The van der Waals surface area contributed by atoms with E-state index in [0.29, 0.717) is 12.3 Å². The predicted octanol–water partition coefficient (Wildman–Crippen LogP) is 4.60. The van der Waals surface area contributed by atoms with E-state index in [1.165, 1.54) is 5.56 Å². The number of amides is 1. The summed E-state index contributed by atoms with van der Waals surface area (Å²) in [5.41, 5.74) is 2.27. The van der Waals surface area contributed by atoms with Crippen molar-refractivity contribution in [3.8, 4) is 5.75 Å². The maximum absolute atomic E-state index is 12.1. The van der Waals surface area contributed by atoms with Crippen molar-refractivity contribution in [1.29, 1.82) is 0 Å². The van der Waals surface area contributed by atoms with E-state index >= 15 is 0 Å². The van der Waals surface area contributed by atoms with Crippen molar-refractivity contribution in [1.82, 2.24) is 5.32 Å². The molecule has 2 aromatic carbocycles. The minimum atomic E-state index is -0.567. The van der Waals surface area contributed by atoms with E-state index in [4.69, 9.17) is 4.74 Å². The lowest BCUT2D eigenvalue weighted by Gasteiger charge is -2.16. The summed E-state index contributed by atoms with van der Waals surface area (Å²) in [5.74, 6) is 0.497. The highest BCUT2D eigenvalue weighted by atomic mass is 79.9. The average Bonchev–Trinajstić information content (AvgIpc) is 2.49. The summed E-state index contributed by atoms with van der Waals surface area (Å²) in [6.45, 7) is 4.27. The third kappa shape index (κ3) is 4.85. The Morgan fingerprint density at radius 3 is 2.50 bits per heavy atom. The van der Waals surface area contributed by atoms with Gasteiger partial charge in [-0.15, -0.1) is 0 Å². The summed E-state index contributed by atoms with van der Waals surface area (Å²) in [6, 6.07) is 13.6. The maximum Gasteiger partial charge on any atom is 0.261 e. The molecule has 0 spiro atoms. The van der Waals surface area contributed by atoms with Crippen LogP contribution >= 0.6 is 31.9 Å². The van der Waals surface area contributed by atoms with Crippen LogP contribution in [0.15, 0.2) is 51.4 Å². The van der Waals surface area contributed by atoms with Gasteiger partial charge in [-0.3, -0.25) is 4.79 Å². The molecule has 2 aromatic rings. The third-order valence-corrected chi connectivity index (χ3v) is 4.27. The Kier molecular flexibility index (Phi) is 6.03. The van der Waals surface area contributed by atoms with Gasteiger partial charge < -0.3 is 10.1 Å². The second-order valence-corrected chi connectivity index (χ2v) is 6.81. The van der Waals surface area contributed by atoms with Crippen molar-refractivity contribution in [3.63, 3.8) is 0 Å². The fourth-order valence-corrected chi connectivity index (χ4v) is 2.99. The fourth-order valence-electron chi connectivity index (χ4n) is 1.85. The number of benzene rings is 2. The molecule has 0 aromatic heterocycles. The summed E-state index contributed by atoms with van der Waals surface area (Å²) in [7, 11) is 0. The molecular formula is C17H17Br2NO2. The average molecular weight is 427 g/mol. The zero-order valence-corrected chi connectivity index (χ0v) is 15.6. The van der Waals surface area contributed by atoms with Crippen molar-refractivity contribution in [2.45, 2.75) is 26.5 Å². The number of hydrogen-bond donors (Lipinski definition) is 1. The molecule has 0 saturated heterocycles. The van der Waals surface area contributed by atoms with E-state index < -0.39 is 6.10 Å². The van der Waals surface area contributed by atoms with Crippen molar-refractivity contribution in [2.75, 3.05) is 0 Å². The van der Waals surface area contributed by atoms with Crippen LogP contribution in [0.3, 0.4) is 0 Å². The van der Waals surface area contributed by atoms with E-state index in [1.54, 1.807) is 6.92 Å². The highest BCUT2D eigenvalue weighted by Crippen LogP contribution is 2.28. The van der Waals surface area contributed by atoms with Gasteiger partial charge in [-0.2, -0.15) is 0 Å². The molecule has 2 rings (SSSR count). The number of rotatable bonds is 5. The van der Waals surface area contributed by atoms with Gasteiger partial charge in [0, 0.05) is 11.0 Å². The molecule has 0 radical (unpaired) electrons. The molecule has 0 bridgehead atoms. The van der Waals surface area contributed by atoms with E-state index in [2.05, 4.69) is 37.2 Å². The van der Waals surface area contributed by atoms with Gasteiger partial charge in [-0.25, -0.2) is 0 Å².